The SMILES string of the molecule is COc1ccccc1OCC(=O)N(Cc1ccc(C)cc1)[C@@H](Cc1ccccc1)C(=O)NC1CCCC1. The Bertz CT molecular complexity index is 1160. The van der Waals surface area contributed by atoms with E-state index in [2.05, 4.69) is 5.32 Å². The van der Waals surface area contributed by atoms with E-state index in [1.54, 1.807) is 24.1 Å². The number of carbonyl (C=O) groups excluding carboxylic acids is 2. The van der Waals surface area contributed by atoms with Crippen LogP contribution in [0.5, 0.6) is 11.5 Å². The number of hydrogen-bond donors (Lipinski definition) is 1. The Morgan fingerprint density at radius 3 is 2.22 bits per heavy atom. The number of carbonyl (C=O) groups is 2. The summed E-state index contributed by atoms with van der Waals surface area (Å²) in [5.41, 5.74) is 3.10. The number of ether oxygens (including phenoxy) is 2. The van der Waals surface area contributed by atoms with E-state index in [1.165, 1.54) is 0 Å². The highest BCUT2D eigenvalue weighted by Gasteiger charge is 2.32. The first-order chi connectivity index (χ1) is 18.0. The molecular weight excluding hydrogens is 464 g/mol. The summed E-state index contributed by atoms with van der Waals surface area (Å²) >= 11 is 0. The average molecular weight is 501 g/mol. The van der Waals surface area contributed by atoms with Crippen molar-refractivity contribution >= 4 is 11.8 Å². The highest BCUT2D eigenvalue weighted by molar-refractivity contribution is 5.88. The molecule has 1 aliphatic carbocycles. The topological polar surface area (TPSA) is 67.9 Å². The van der Waals surface area contributed by atoms with Gasteiger partial charge in [0.15, 0.2) is 18.1 Å². The van der Waals surface area contributed by atoms with Gasteiger partial charge >= 0.3 is 0 Å². The molecule has 4 rings (SSSR count). The first-order valence-corrected chi connectivity index (χ1v) is 13.0. The van der Waals surface area contributed by atoms with Crippen LogP contribution in [0, 0.1) is 6.92 Å². The van der Waals surface area contributed by atoms with Crippen molar-refractivity contribution in [3.8, 4) is 11.5 Å². The lowest BCUT2D eigenvalue weighted by Crippen LogP contribution is -2.53. The minimum atomic E-state index is -0.668. The molecule has 0 aliphatic heterocycles. The molecule has 0 heterocycles. The van der Waals surface area contributed by atoms with E-state index in [0.717, 1.165) is 42.4 Å². The minimum absolute atomic E-state index is 0.117. The number of methoxy groups -OCH3 is 1. The van der Waals surface area contributed by atoms with Crippen molar-refractivity contribution in [2.24, 2.45) is 0 Å². The number of nitrogens with one attached hydrogen (secondary N) is 1. The van der Waals surface area contributed by atoms with Crippen LogP contribution in [-0.2, 0) is 22.6 Å². The molecule has 0 bridgehead atoms. The second kappa shape index (κ2) is 12.9. The second-order valence-corrected chi connectivity index (χ2v) is 9.64. The van der Waals surface area contributed by atoms with Crippen LogP contribution < -0.4 is 14.8 Å². The van der Waals surface area contributed by atoms with Crippen molar-refractivity contribution in [3.05, 3.63) is 95.6 Å². The molecule has 1 atom stereocenters. The minimum Gasteiger partial charge on any atom is -0.493 e. The van der Waals surface area contributed by atoms with Crippen molar-refractivity contribution in [1.29, 1.82) is 0 Å². The lowest BCUT2D eigenvalue weighted by molar-refractivity contribution is -0.143. The predicted octanol–water partition coefficient (Wildman–Crippen LogP) is 5.08. The van der Waals surface area contributed by atoms with E-state index in [-0.39, 0.29) is 24.5 Å². The number of nitrogens with zero attached hydrogens (tertiary/aromatic N) is 1. The van der Waals surface area contributed by atoms with E-state index in [0.29, 0.717) is 24.5 Å². The monoisotopic (exact) mass is 500 g/mol. The van der Waals surface area contributed by atoms with Gasteiger partial charge in [-0.3, -0.25) is 9.59 Å². The van der Waals surface area contributed by atoms with Crippen LogP contribution in [0.2, 0.25) is 0 Å². The summed E-state index contributed by atoms with van der Waals surface area (Å²) in [6, 6.07) is 24.6. The first kappa shape index (κ1) is 26.3. The molecule has 1 saturated carbocycles. The summed E-state index contributed by atoms with van der Waals surface area (Å²) in [6.45, 7) is 2.14. The smallest absolute Gasteiger partial charge is 0.261 e. The van der Waals surface area contributed by atoms with Crippen LogP contribution in [0.1, 0.15) is 42.4 Å². The van der Waals surface area contributed by atoms with Crippen LogP contribution in [-0.4, -0.2) is 42.5 Å². The van der Waals surface area contributed by atoms with E-state index in [9.17, 15) is 9.59 Å². The highest BCUT2D eigenvalue weighted by Crippen LogP contribution is 2.26. The third-order valence-electron chi connectivity index (χ3n) is 6.87. The molecular formula is C31H36N2O4. The molecule has 1 N–H and O–H groups in total. The van der Waals surface area contributed by atoms with Crippen molar-refractivity contribution in [2.75, 3.05) is 13.7 Å². The van der Waals surface area contributed by atoms with Gasteiger partial charge in [-0.25, -0.2) is 0 Å². The Kier molecular flexibility index (Phi) is 9.19. The van der Waals surface area contributed by atoms with Crippen LogP contribution in [0.4, 0.5) is 0 Å². The molecule has 0 saturated heterocycles. The van der Waals surface area contributed by atoms with Gasteiger partial charge in [0.05, 0.1) is 7.11 Å². The number of para-hydroxylation sites is 2. The third-order valence-corrected chi connectivity index (χ3v) is 6.87. The maximum atomic E-state index is 13.7. The van der Waals surface area contributed by atoms with Gasteiger partial charge in [-0.15, -0.1) is 0 Å². The molecule has 0 aromatic heterocycles. The van der Waals surface area contributed by atoms with Crippen LogP contribution in [0.15, 0.2) is 78.9 Å². The van der Waals surface area contributed by atoms with E-state index < -0.39 is 6.04 Å². The average Bonchev–Trinajstić information content (AvgIpc) is 3.44. The maximum absolute atomic E-state index is 13.7. The summed E-state index contributed by atoms with van der Waals surface area (Å²) in [5.74, 6) is 0.673. The van der Waals surface area contributed by atoms with Gasteiger partial charge in [-0.1, -0.05) is 85.1 Å². The number of rotatable bonds is 11. The Labute approximate surface area is 219 Å². The summed E-state index contributed by atoms with van der Waals surface area (Å²) in [6.07, 6.45) is 4.62. The molecule has 3 aromatic carbocycles. The van der Waals surface area contributed by atoms with Crippen molar-refractivity contribution in [3.63, 3.8) is 0 Å². The van der Waals surface area contributed by atoms with Gasteiger partial charge in [0.25, 0.3) is 5.91 Å². The van der Waals surface area contributed by atoms with E-state index >= 15 is 0 Å². The number of aryl methyl sites for hydroxylation is 1. The quantitative estimate of drug-likeness (QED) is 0.399. The van der Waals surface area contributed by atoms with Gasteiger partial charge in [0.1, 0.15) is 6.04 Å². The normalized spacial score (nSPS) is 14.1. The summed E-state index contributed by atoms with van der Waals surface area (Å²) in [5, 5.41) is 3.23. The van der Waals surface area contributed by atoms with Crippen molar-refractivity contribution in [1.82, 2.24) is 10.2 Å². The molecule has 3 aromatic rings. The molecule has 1 fully saturated rings. The molecule has 6 nitrogen and oxygen atoms in total. The third kappa shape index (κ3) is 7.35. The standard InChI is InChI=1S/C31H36N2O4/c1-23-16-18-25(19-17-23)21-33(30(34)22-37-29-15-9-8-14-28(29)36-2)27(20-24-10-4-3-5-11-24)31(35)32-26-12-6-7-13-26/h3-5,8-11,14-19,26-27H,6-7,12-13,20-22H2,1-2H3,(H,32,35)/t27-/m0/s1. The van der Waals surface area contributed by atoms with E-state index in [4.69, 9.17) is 9.47 Å². The molecule has 0 radical (unpaired) electrons. The molecule has 2 amide bonds. The van der Waals surface area contributed by atoms with Gasteiger partial charge in [0, 0.05) is 19.0 Å². The Morgan fingerprint density at radius 2 is 1.54 bits per heavy atom. The molecule has 1 aliphatic rings. The van der Waals surface area contributed by atoms with Gasteiger partial charge < -0.3 is 19.7 Å². The fourth-order valence-corrected chi connectivity index (χ4v) is 4.77. The lowest BCUT2D eigenvalue weighted by atomic mass is 10.0. The van der Waals surface area contributed by atoms with Crippen molar-refractivity contribution in [2.45, 2.75) is 57.7 Å². The Balaban J connectivity index is 1.61. The number of hydrogen-bond acceptors (Lipinski definition) is 4. The number of benzene rings is 3. The number of amides is 2. The zero-order chi connectivity index (χ0) is 26.0. The zero-order valence-corrected chi connectivity index (χ0v) is 21.7. The summed E-state index contributed by atoms with van der Waals surface area (Å²) in [4.78, 5) is 29.1. The Hall–Kier alpha value is -3.80. The van der Waals surface area contributed by atoms with Gasteiger partial charge in [0.2, 0.25) is 5.91 Å². The highest BCUT2D eigenvalue weighted by atomic mass is 16.5. The fraction of sp³-hybridized carbons (Fsp3) is 0.355. The predicted molar refractivity (Wildman–Crippen MR) is 145 cm³/mol. The first-order valence-electron chi connectivity index (χ1n) is 13.0. The Morgan fingerprint density at radius 1 is 0.892 bits per heavy atom. The van der Waals surface area contributed by atoms with E-state index in [1.807, 2.05) is 73.7 Å². The molecule has 0 spiro atoms. The van der Waals surface area contributed by atoms with Gasteiger partial charge in [-0.05, 0) is 43.0 Å². The summed E-state index contributed by atoms with van der Waals surface area (Å²) < 4.78 is 11.3. The van der Waals surface area contributed by atoms with Crippen LogP contribution in [0.25, 0.3) is 0 Å². The molecule has 194 valence electrons. The fourth-order valence-electron chi connectivity index (χ4n) is 4.77. The zero-order valence-electron chi connectivity index (χ0n) is 21.7. The molecule has 6 heteroatoms. The second-order valence-electron chi connectivity index (χ2n) is 9.64. The van der Waals surface area contributed by atoms with Crippen LogP contribution >= 0.6 is 0 Å². The maximum Gasteiger partial charge on any atom is 0.261 e. The largest absolute Gasteiger partial charge is 0.493 e. The van der Waals surface area contributed by atoms with Crippen molar-refractivity contribution < 1.29 is 19.1 Å². The van der Waals surface area contributed by atoms with Crippen LogP contribution in [0.3, 0.4) is 0 Å². The molecule has 37 heavy (non-hydrogen) atoms. The van der Waals surface area contributed by atoms with Gasteiger partial charge in [-0.2, -0.15) is 0 Å². The lowest BCUT2D eigenvalue weighted by Gasteiger charge is -2.32. The summed E-state index contributed by atoms with van der Waals surface area (Å²) in [7, 11) is 1.57. The molecule has 0 unspecified atom stereocenters.